The van der Waals surface area contributed by atoms with Crippen molar-refractivity contribution in [3.8, 4) is 33.8 Å². The van der Waals surface area contributed by atoms with Gasteiger partial charge in [-0.2, -0.15) is 0 Å². The minimum absolute atomic E-state index is 0.182. The predicted octanol–water partition coefficient (Wildman–Crippen LogP) is 3.92. The smallest absolute Gasteiger partial charge is 0.276 e. The van der Waals surface area contributed by atoms with Gasteiger partial charge in [0.1, 0.15) is 16.3 Å². The maximum absolute atomic E-state index is 11.7. The van der Waals surface area contributed by atoms with Crippen LogP contribution in [0.1, 0.15) is 0 Å². The van der Waals surface area contributed by atoms with Gasteiger partial charge in [-0.15, -0.1) is 11.3 Å². The van der Waals surface area contributed by atoms with E-state index in [0.29, 0.717) is 10.2 Å². The summed E-state index contributed by atoms with van der Waals surface area (Å²) in [6.45, 7) is 0. The number of nitrogens with one attached hydrogen (secondary N) is 1. The van der Waals surface area contributed by atoms with Gasteiger partial charge in [-0.05, 0) is 17.2 Å². The molecule has 5 nitrogen and oxygen atoms in total. The van der Waals surface area contributed by atoms with Crippen molar-refractivity contribution in [3.63, 3.8) is 0 Å². The largest absolute Gasteiger partial charge is 0.507 e. The van der Waals surface area contributed by atoms with Gasteiger partial charge in [0.15, 0.2) is 5.75 Å². The summed E-state index contributed by atoms with van der Waals surface area (Å²) in [4.78, 5) is 14.9. The third-order valence-corrected chi connectivity index (χ3v) is 5.06. The lowest BCUT2D eigenvalue weighted by molar-refractivity contribution is 0.477. The van der Waals surface area contributed by atoms with Crippen LogP contribution in [0.5, 0.6) is 11.5 Å². The number of hydrogen-bond acceptors (Lipinski definition) is 5. The molecule has 0 amide bonds. The molecular weight excluding hydrogens is 336 g/mol. The highest BCUT2D eigenvalue weighted by molar-refractivity contribution is 7.17. The number of H-pyrrole nitrogens is 1. The molecule has 0 unspecified atom stereocenters. The predicted molar refractivity (Wildman–Crippen MR) is 101 cm³/mol. The summed E-state index contributed by atoms with van der Waals surface area (Å²) < 4.78 is 0. The highest BCUT2D eigenvalue weighted by Gasteiger charge is 2.16. The van der Waals surface area contributed by atoms with E-state index in [2.05, 4.69) is 4.98 Å². The molecule has 0 aliphatic carbocycles. The molecule has 2 aromatic heterocycles. The standard InChI is InChI=1S/C19H14N2O3S/c20-16-17(23)15-13(9-25-19(15)21-18(16)24)11-7-5-10(6-8-11)12-3-1-2-4-14(12)22/h1-9,22H,20H2,(H2,21,23,24). The van der Waals surface area contributed by atoms with Crippen LogP contribution in [-0.2, 0) is 0 Å². The Morgan fingerprint density at radius 1 is 0.920 bits per heavy atom. The summed E-state index contributed by atoms with van der Waals surface area (Å²) in [5.74, 6) is 0.0269. The minimum atomic E-state index is -0.492. The van der Waals surface area contributed by atoms with Crippen LogP contribution in [0, 0.1) is 0 Å². The molecule has 4 aromatic rings. The molecule has 6 heteroatoms. The monoisotopic (exact) mass is 350 g/mol. The fourth-order valence-electron chi connectivity index (χ4n) is 2.86. The molecular formula is C19H14N2O3S. The van der Waals surface area contributed by atoms with E-state index in [1.165, 1.54) is 11.3 Å². The molecule has 5 N–H and O–H groups in total. The van der Waals surface area contributed by atoms with Gasteiger partial charge in [0.2, 0.25) is 0 Å². The maximum atomic E-state index is 11.7. The Kier molecular flexibility index (Phi) is 3.47. The lowest BCUT2D eigenvalue weighted by Crippen LogP contribution is -2.10. The topological polar surface area (TPSA) is 99.3 Å². The van der Waals surface area contributed by atoms with Gasteiger partial charge < -0.3 is 20.9 Å². The van der Waals surface area contributed by atoms with Gasteiger partial charge in [-0.25, -0.2) is 0 Å². The molecule has 0 radical (unpaired) electrons. The molecule has 0 saturated heterocycles. The van der Waals surface area contributed by atoms with E-state index >= 15 is 0 Å². The van der Waals surface area contributed by atoms with E-state index < -0.39 is 5.56 Å². The third kappa shape index (κ3) is 2.43. The molecule has 0 bridgehead atoms. The summed E-state index contributed by atoms with van der Waals surface area (Å²) in [5.41, 5.74) is 8.29. The number of benzene rings is 2. The summed E-state index contributed by atoms with van der Waals surface area (Å²) in [7, 11) is 0. The Morgan fingerprint density at radius 2 is 1.56 bits per heavy atom. The molecule has 0 spiro atoms. The van der Waals surface area contributed by atoms with E-state index in [0.717, 1.165) is 22.3 Å². The second-order valence-corrected chi connectivity index (χ2v) is 6.54. The number of nitrogens with two attached hydrogens (primary N) is 1. The third-order valence-electron chi connectivity index (χ3n) is 4.17. The molecule has 2 aromatic carbocycles. The zero-order valence-electron chi connectivity index (χ0n) is 13.0. The maximum Gasteiger partial charge on any atom is 0.276 e. The number of nitrogen functional groups attached to an aromatic ring is 1. The van der Waals surface area contributed by atoms with Crippen molar-refractivity contribution >= 4 is 27.2 Å². The molecule has 0 aliphatic rings. The number of phenols is 1. The van der Waals surface area contributed by atoms with Crippen molar-refractivity contribution in [2.24, 2.45) is 0 Å². The highest BCUT2D eigenvalue weighted by atomic mass is 32.1. The van der Waals surface area contributed by atoms with Gasteiger partial charge in [0.05, 0.1) is 5.39 Å². The molecule has 0 saturated carbocycles. The SMILES string of the molecule is Nc1c(O)c2c(-c3ccc(-c4ccccc4O)cc3)csc2[nH]c1=O. The Labute approximate surface area is 146 Å². The average molecular weight is 350 g/mol. The molecule has 0 fully saturated rings. The van der Waals surface area contributed by atoms with Crippen LogP contribution in [0.4, 0.5) is 5.69 Å². The summed E-state index contributed by atoms with van der Waals surface area (Å²) >= 11 is 1.34. The molecule has 2 heterocycles. The van der Waals surface area contributed by atoms with Crippen LogP contribution in [0.25, 0.3) is 32.5 Å². The summed E-state index contributed by atoms with van der Waals surface area (Å²) in [5, 5.41) is 22.6. The van der Waals surface area contributed by atoms with Crippen LogP contribution in [0.2, 0.25) is 0 Å². The minimum Gasteiger partial charge on any atom is -0.507 e. The van der Waals surface area contributed by atoms with Gasteiger partial charge in [-0.1, -0.05) is 42.5 Å². The first kappa shape index (κ1) is 15.3. The Bertz CT molecular complexity index is 1140. The Hall–Kier alpha value is -3.25. The quantitative estimate of drug-likeness (QED) is 0.440. The van der Waals surface area contributed by atoms with Crippen molar-refractivity contribution in [2.45, 2.75) is 0 Å². The molecule has 0 aliphatic heterocycles. The van der Waals surface area contributed by atoms with E-state index in [4.69, 9.17) is 5.73 Å². The normalized spacial score (nSPS) is 11.0. The van der Waals surface area contributed by atoms with E-state index in [-0.39, 0.29) is 17.2 Å². The Balaban J connectivity index is 1.84. The number of hydrogen-bond donors (Lipinski definition) is 4. The van der Waals surface area contributed by atoms with E-state index in [1.807, 2.05) is 41.8 Å². The lowest BCUT2D eigenvalue weighted by atomic mass is 9.99. The number of anilines is 1. The van der Waals surface area contributed by atoms with E-state index in [1.54, 1.807) is 12.1 Å². The van der Waals surface area contributed by atoms with Crippen LogP contribution in [0.3, 0.4) is 0 Å². The van der Waals surface area contributed by atoms with Crippen LogP contribution >= 0.6 is 11.3 Å². The van der Waals surface area contributed by atoms with Crippen molar-refractivity contribution in [2.75, 3.05) is 5.73 Å². The zero-order valence-corrected chi connectivity index (χ0v) is 13.8. The molecule has 124 valence electrons. The molecule has 0 atom stereocenters. The molecule has 25 heavy (non-hydrogen) atoms. The van der Waals surface area contributed by atoms with Crippen molar-refractivity contribution in [1.82, 2.24) is 4.98 Å². The molecule has 4 rings (SSSR count). The van der Waals surface area contributed by atoms with Crippen molar-refractivity contribution < 1.29 is 10.2 Å². The van der Waals surface area contributed by atoms with Gasteiger partial charge in [-0.3, -0.25) is 4.79 Å². The van der Waals surface area contributed by atoms with Gasteiger partial charge >= 0.3 is 0 Å². The Morgan fingerprint density at radius 3 is 2.24 bits per heavy atom. The number of para-hydroxylation sites is 1. The summed E-state index contributed by atoms with van der Waals surface area (Å²) in [6, 6.07) is 14.8. The van der Waals surface area contributed by atoms with Crippen LogP contribution < -0.4 is 11.3 Å². The van der Waals surface area contributed by atoms with Crippen LogP contribution in [0.15, 0.2) is 58.7 Å². The van der Waals surface area contributed by atoms with E-state index in [9.17, 15) is 15.0 Å². The number of pyridine rings is 1. The number of phenolic OH excluding ortho intramolecular Hbond substituents is 1. The first-order chi connectivity index (χ1) is 12.1. The zero-order chi connectivity index (χ0) is 17.6. The van der Waals surface area contributed by atoms with Crippen molar-refractivity contribution in [1.29, 1.82) is 0 Å². The number of rotatable bonds is 2. The first-order valence-electron chi connectivity index (χ1n) is 7.57. The van der Waals surface area contributed by atoms with Gasteiger partial charge in [0.25, 0.3) is 5.56 Å². The average Bonchev–Trinajstić information content (AvgIpc) is 3.04. The summed E-state index contributed by atoms with van der Waals surface area (Å²) in [6.07, 6.45) is 0. The second-order valence-electron chi connectivity index (χ2n) is 5.66. The number of fused-ring (bicyclic) bond motifs is 1. The van der Waals surface area contributed by atoms with Gasteiger partial charge in [0, 0.05) is 16.5 Å². The fourth-order valence-corrected chi connectivity index (χ4v) is 3.82. The lowest BCUT2D eigenvalue weighted by Gasteiger charge is -2.07. The van der Waals surface area contributed by atoms with Crippen molar-refractivity contribution in [3.05, 3.63) is 64.3 Å². The second kappa shape index (κ2) is 5.68. The number of aromatic nitrogens is 1. The number of thiophene rings is 1. The number of aromatic amines is 1. The highest BCUT2D eigenvalue weighted by Crippen LogP contribution is 2.40. The first-order valence-corrected chi connectivity index (χ1v) is 8.45. The van der Waals surface area contributed by atoms with Crippen LogP contribution in [-0.4, -0.2) is 15.2 Å². The number of aromatic hydroxyl groups is 2. The fraction of sp³-hybridized carbons (Fsp3) is 0.